The summed E-state index contributed by atoms with van der Waals surface area (Å²) < 4.78 is 5.33. The first-order valence-electron chi connectivity index (χ1n) is 8.91. The van der Waals surface area contributed by atoms with Gasteiger partial charge in [-0.1, -0.05) is 11.8 Å². The molecule has 1 aromatic carbocycles. The Kier molecular flexibility index (Phi) is 5.02. The smallest absolute Gasteiger partial charge is 0.313 e. The zero-order valence-corrected chi connectivity index (χ0v) is 15.6. The molecule has 0 aliphatic carbocycles. The summed E-state index contributed by atoms with van der Waals surface area (Å²) >= 11 is 1.30. The predicted octanol–water partition coefficient (Wildman–Crippen LogP) is 2.21. The summed E-state index contributed by atoms with van der Waals surface area (Å²) in [6, 6.07) is 8.52. The number of methoxy groups -OCH3 is 1. The molecule has 2 aliphatic rings. The minimum absolute atomic E-state index is 0.0231. The fourth-order valence-electron chi connectivity index (χ4n) is 4.03. The van der Waals surface area contributed by atoms with Gasteiger partial charge in [-0.3, -0.25) is 9.69 Å². The molecule has 0 bridgehead atoms. The van der Waals surface area contributed by atoms with Crippen LogP contribution < -0.4 is 10.1 Å². The summed E-state index contributed by atoms with van der Waals surface area (Å²) in [5.41, 5.74) is 1.97. The van der Waals surface area contributed by atoms with E-state index in [4.69, 9.17) is 14.8 Å². The topological polar surface area (TPSA) is 74.7 Å². The second-order valence-electron chi connectivity index (χ2n) is 6.94. The van der Waals surface area contributed by atoms with E-state index >= 15 is 0 Å². The lowest BCUT2D eigenvalue weighted by Crippen LogP contribution is -2.33. The van der Waals surface area contributed by atoms with Crippen LogP contribution in [0.1, 0.15) is 12.0 Å². The van der Waals surface area contributed by atoms with E-state index in [0.717, 1.165) is 59.3 Å². The molecule has 0 saturated carbocycles. The second-order valence-corrected chi connectivity index (χ2v) is 7.90. The molecule has 2 atom stereocenters. The number of nitrogens with zero attached hydrogens (tertiary/aromatic N) is 2. The van der Waals surface area contributed by atoms with Gasteiger partial charge in [0.2, 0.25) is 0 Å². The number of carboxylic acids is 1. The van der Waals surface area contributed by atoms with Crippen molar-refractivity contribution < 1.29 is 14.6 Å². The van der Waals surface area contributed by atoms with Gasteiger partial charge in [-0.15, -0.1) is 0 Å². The number of carboxylic acid groups (broad SMARTS) is 1. The SMILES string of the molecule is COc1ccc2nc(SCC(=O)O)c(CN3CC[C@@H]4CNC[C@@H]43)cc2c1. The van der Waals surface area contributed by atoms with Gasteiger partial charge in [0, 0.05) is 24.5 Å². The Balaban J connectivity index is 1.66. The maximum absolute atomic E-state index is 11.0. The van der Waals surface area contributed by atoms with Gasteiger partial charge in [-0.25, -0.2) is 4.98 Å². The van der Waals surface area contributed by atoms with Crippen LogP contribution >= 0.6 is 11.8 Å². The van der Waals surface area contributed by atoms with E-state index in [1.165, 1.54) is 18.2 Å². The lowest BCUT2D eigenvalue weighted by molar-refractivity contribution is -0.133. The van der Waals surface area contributed by atoms with Crippen molar-refractivity contribution >= 4 is 28.6 Å². The summed E-state index contributed by atoms with van der Waals surface area (Å²) in [6.07, 6.45) is 1.23. The van der Waals surface area contributed by atoms with Crippen molar-refractivity contribution in [2.75, 3.05) is 32.5 Å². The van der Waals surface area contributed by atoms with Crippen molar-refractivity contribution in [3.63, 3.8) is 0 Å². The highest BCUT2D eigenvalue weighted by molar-refractivity contribution is 7.99. The zero-order valence-electron chi connectivity index (χ0n) is 14.8. The Morgan fingerprint density at radius 3 is 3.12 bits per heavy atom. The lowest BCUT2D eigenvalue weighted by atomic mass is 10.0. The molecule has 2 fully saturated rings. The van der Waals surface area contributed by atoms with Crippen LogP contribution in [0.15, 0.2) is 29.3 Å². The largest absolute Gasteiger partial charge is 0.497 e. The molecule has 6 nitrogen and oxygen atoms in total. The number of aliphatic carboxylic acids is 1. The first-order chi connectivity index (χ1) is 12.6. The molecule has 3 heterocycles. The monoisotopic (exact) mass is 373 g/mol. The van der Waals surface area contributed by atoms with E-state index in [-0.39, 0.29) is 5.75 Å². The molecule has 4 rings (SSSR count). The molecule has 1 aromatic heterocycles. The van der Waals surface area contributed by atoms with Gasteiger partial charge in [0.05, 0.1) is 18.4 Å². The third-order valence-electron chi connectivity index (χ3n) is 5.33. The number of fused-ring (bicyclic) bond motifs is 2. The van der Waals surface area contributed by atoms with Crippen LogP contribution in [-0.4, -0.2) is 59.5 Å². The fraction of sp³-hybridized carbons (Fsp3) is 0.474. The molecule has 2 N–H and O–H groups in total. The van der Waals surface area contributed by atoms with Crippen LogP contribution in [0, 0.1) is 5.92 Å². The van der Waals surface area contributed by atoms with Crippen LogP contribution in [0.2, 0.25) is 0 Å². The quantitative estimate of drug-likeness (QED) is 0.752. The first-order valence-corrected chi connectivity index (χ1v) is 9.89. The van der Waals surface area contributed by atoms with Gasteiger partial charge in [0.25, 0.3) is 0 Å². The van der Waals surface area contributed by atoms with Gasteiger partial charge in [-0.05, 0) is 55.3 Å². The van der Waals surface area contributed by atoms with Crippen molar-refractivity contribution in [1.82, 2.24) is 15.2 Å². The summed E-state index contributed by atoms with van der Waals surface area (Å²) in [7, 11) is 1.66. The Morgan fingerprint density at radius 1 is 1.42 bits per heavy atom. The molecule has 0 spiro atoms. The molecular formula is C19H23N3O3S. The van der Waals surface area contributed by atoms with Crippen molar-refractivity contribution in [2.45, 2.75) is 24.0 Å². The van der Waals surface area contributed by atoms with Crippen molar-refractivity contribution in [2.24, 2.45) is 5.92 Å². The zero-order chi connectivity index (χ0) is 18.1. The van der Waals surface area contributed by atoms with Crippen LogP contribution in [0.3, 0.4) is 0 Å². The molecule has 2 saturated heterocycles. The van der Waals surface area contributed by atoms with E-state index in [9.17, 15) is 4.79 Å². The summed E-state index contributed by atoms with van der Waals surface area (Å²) in [6.45, 7) is 4.05. The van der Waals surface area contributed by atoms with E-state index in [0.29, 0.717) is 6.04 Å². The highest BCUT2D eigenvalue weighted by Crippen LogP contribution is 2.32. The van der Waals surface area contributed by atoms with Crippen molar-refractivity contribution in [1.29, 1.82) is 0 Å². The van der Waals surface area contributed by atoms with E-state index in [1.807, 2.05) is 18.2 Å². The Bertz CT molecular complexity index is 829. The standard InChI is InChI=1S/C19H23N3O3S/c1-25-15-2-3-16-13(7-15)6-14(19(21-16)26-11-18(23)24)10-22-5-4-12-8-20-9-17(12)22/h2-3,6-7,12,17,20H,4-5,8-11H2,1H3,(H,23,24)/t12-,17+/m1/s1. The van der Waals surface area contributed by atoms with Crippen LogP contribution in [0.25, 0.3) is 10.9 Å². The maximum Gasteiger partial charge on any atom is 0.313 e. The number of thioether (sulfide) groups is 1. The van der Waals surface area contributed by atoms with Gasteiger partial charge < -0.3 is 15.2 Å². The molecular weight excluding hydrogens is 350 g/mol. The second kappa shape index (κ2) is 7.42. The third kappa shape index (κ3) is 3.51. The highest BCUT2D eigenvalue weighted by Gasteiger charge is 2.37. The molecule has 2 aromatic rings. The maximum atomic E-state index is 11.0. The third-order valence-corrected chi connectivity index (χ3v) is 6.35. The summed E-state index contributed by atoms with van der Waals surface area (Å²) in [5.74, 6) is 0.741. The van der Waals surface area contributed by atoms with Crippen LogP contribution in [0.5, 0.6) is 5.75 Å². The van der Waals surface area contributed by atoms with Gasteiger partial charge >= 0.3 is 5.97 Å². The Labute approximate surface area is 156 Å². The number of aromatic nitrogens is 1. The molecule has 26 heavy (non-hydrogen) atoms. The van der Waals surface area contributed by atoms with Crippen LogP contribution in [-0.2, 0) is 11.3 Å². The number of nitrogens with one attached hydrogen (secondary N) is 1. The summed E-state index contributed by atoms with van der Waals surface area (Å²) in [5, 5.41) is 14.4. The number of hydrogen-bond acceptors (Lipinski definition) is 6. The average molecular weight is 373 g/mol. The van der Waals surface area contributed by atoms with Gasteiger partial charge in [0.1, 0.15) is 10.8 Å². The minimum Gasteiger partial charge on any atom is -0.497 e. The number of ether oxygens (including phenoxy) is 1. The number of carbonyl (C=O) groups is 1. The number of pyridine rings is 1. The van der Waals surface area contributed by atoms with Gasteiger partial charge in [-0.2, -0.15) is 0 Å². The molecule has 138 valence electrons. The molecule has 0 radical (unpaired) electrons. The normalized spacial score (nSPS) is 22.7. The number of rotatable bonds is 6. The van der Waals surface area contributed by atoms with Crippen LogP contribution in [0.4, 0.5) is 0 Å². The molecule has 7 heteroatoms. The Hall–Kier alpha value is -1.83. The van der Waals surface area contributed by atoms with E-state index in [2.05, 4.69) is 16.3 Å². The number of hydrogen-bond donors (Lipinski definition) is 2. The number of benzene rings is 1. The average Bonchev–Trinajstić information content (AvgIpc) is 3.24. The lowest BCUT2D eigenvalue weighted by Gasteiger charge is -2.24. The summed E-state index contributed by atoms with van der Waals surface area (Å²) in [4.78, 5) is 18.3. The minimum atomic E-state index is -0.821. The molecule has 0 amide bonds. The van der Waals surface area contributed by atoms with Crippen molar-refractivity contribution in [3.8, 4) is 5.75 Å². The van der Waals surface area contributed by atoms with E-state index in [1.54, 1.807) is 7.11 Å². The molecule has 2 aliphatic heterocycles. The van der Waals surface area contributed by atoms with Crippen molar-refractivity contribution in [3.05, 3.63) is 29.8 Å². The van der Waals surface area contributed by atoms with E-state index < -0.39 is 5.97 Å². The first kappa shape index (κ1) is 17.6. The van der Waals surface area contributed by atoms with Gasteiger partial charge in [0.15, 0.2) is 0 Å². The predicted molar refractivity (Wildman–Crippen MR) is 102 cm³/mol. The fourth-order valence-corrected chi connectivity index (χ4v) is 4.76. The number of likely N-dealkylation sites (tertiary alicyclic amines) is 1. The highest BCUT2D eigenvalue weighted by atomic mass is 32.2. The Morgan fingerprint density at radius 2 is 2.31 bits per heavy atom. The molecule has 0 unspecified atom stereocenters.